The monoisotopic (exact) mass is 444 g/mol. The molecule has 2 atom stereocenters. The van der Waals surface area contributed by atoms with Gasteiger partial charge in [0.25, 0.3) is 11.8 Å². The summed E-state index contributed by atoms with van der Waals surface area (Å²) in [6.45, 7) is 1.59. The van der Waals surface area contributed by atoms with Gasteiger partial charge in [0.2, 0.25) is 5.82 Å². The molecule has 10 heteroatoms. The van der Waals surface area contributed by atoms with E-state index >= 15 is 0 Å². The van der Waals surface area contributed by atoms with Gasteiger partial charge in [-0.1, -0.05) is 17.3 Å². The van der Waals surface area contributed by atoms with E-state index in [0.29, 0.717) is 17.7 Å². The van der Waals surface area contributed by atoms with Gasteiger partial charge in [0, 0.05) is 49.6 Å². The van der Waals surface area contributed by atoms with Crippen molar-refractivity contribution in [2.75, 3.05) is 27.2 Å². The lowest BCUT2D eigenvalue weighted by atomic mass is 9.85. The Bertz CT molecular complexity index is 1080. The lowest BCUT2D eigenvalue weighted by Crippen LogP contribution is -2.42. The van der Waals surface area contributed by atoms with Crippen LogP contribution < -0.4 is 0 Å². The highest BCUT2D eigenvalue weighted by molar-refractivity contribution is 5.95. The van der Waals surface area contributed by atoms with Crippen LogP contribution in [-0.4, -0.2) is 62.8 Å². The average molecular weight is 444 g/mol. The van der Waals surface area contributed by atoms with Gasteiger partial charge >= 0.3 is 6.43 Å². The Balaban J connectivity index is 1.50. The van der Waals surface area contributed by atoms with Crippen molar-refractivity contribution in [3.05, 3.63) is 53.7 Å². The zero-order chi connectivity index (χ0) is 22.8. The molecule has 1 aromatic carbocycles. The van der Waals surface area contributed by atoms with Gasteiger partial charge in [-0.3, -0.25) is 14.4 Å². The molecule has 3 aromatic rings. The van der Waals surface area contributed by atoms with Gasteiger partial charge in [0.05, 0.1) is 6.20 Å². The Kier molecular flexibility index (Phi) is 6.31. The summed E-state index contributed by atoms with van der Waals surface area (Å²) in [4.78, 5) is 20.9. The normalized spacial score (nSPS) is 19.4. The van der Waals surface area contributed by atoms with Crippen LogP contribution in [0, 0.1) is 5.92 Å². The molecule has 4 rings (SSSR count). The number of rotatable bonds is 6. The zero-order valence-corrected chi connectivity index (χ0v) is 18.3. The number of hydrogen-bond donors (Lipinski definition) is 0. The summed E-state index contributed by atoms with van der Waals surface area (Å²) in [5.74, 6) is -0.594. The number of piperidine rings is 1. The number of benzene rings is 1. The molecule has 1 amide bonds. The van der Waals surface area contributed by atoms with Crippen LogP contribution in [0.15, 0.2) is 41.2 Å². The molecule has 170 valence electrons. The van der Waals surface area contributed by atoms with Crippen molar-refractivity contribution in [1.29, 1.82) is 0 Å². The molecule has 2 aromatic heterocycles. The van der Waals surface area contributed by atoms with E-state index in [-0.39, 0.29) is 23.7 Å². The average Bonchev–Trinajstić information content (AvgIpc) is 3.43. The van der Waals surface area contributed by atoms with E-state index in [1.165, 1.54) is 0 Å². The number of likely N-dealkylation sites (tertiary alicyclic amines) is 1. The highest BCUT2D eigenvalue weighted by Gasteiger charge is 2.33. The Hall–Kier alpha value is -3.14. The van der Waals surface area contributed by atoms with Crippen LogP contribution in [0.5, 0.6) is 0 Å². The van der Waals surface area contributed by atoms with Crippen LogP contribution >= 0.6 is 0 Å². The van der Waals surface area contributed by atoms with Gasteiger partial charge in [-0.05, 0) is 44.5 Å². The molecule has 1 aliphatic heterocycles. The van der Waals surface area contributed by atoms with Crippen molar-refractivity contribution >= 4 is 5.91 Å². The van der Waals surface area contributed by atoms with Crippen molar-refractivity contribution in [2.24, 2.45) is 13.0 Å². The summed E-state index contributed by atoms with van der Waals surface area (Å²) in [6, 6.07) is 6.82. The summed E-state index contributed by atoms with van der Waals surface area (Å²) in [5, 5.41) is 7.91. The van der Waals surface area contributed by atoms with E-state index < -0.39 is 12.3 Å². The molecular formula is C22H26F2N6O2. The second-order valence-corrected chi connectivity index (χ2v) is 8.30. The molecule has 0 spiro atoms. The Morgan fingerprint density at radius 2 is 2.16 bits per heavy atom. The molecule has 0 N–H and O–H groups in total. The third-order valence-corrected chi connectivity index (χ3v) is 5.92. The van der Waals surface area contributed by atoms with Crippen LogP contribution in [0.25, 0.3) is 11.4 Å². The van der Waals surface area contributed by atoms with E-state index in [2.05, 4.69) is 31.7 Å². The van der Waals surface area contributed by atoms with E-state index in [1.54, 1.807) is 40.9 Å². The first kappa shape index (κ1) is 22.1. The maximum atomic E-state index is 13.2. The largest absolute Gasteiger partial charge is 0.341 e. The predicted octanol–water partition coefficient (Wildman–Crippen LogP) is 3.56. The van der Waals surface area contributed by atoms with Gasteiger partial charge < -0.3 is 9.42 Å². The Morgan fingerprint density at radius 1 is 1.34 bits per heavy atom. The van der Waals surface area contributed by atoms with Crippen LogP contribution in [0.2, 0.25) is 0 Å². The van der Waals surface area contributed by atoms with E-state index in [0.717, 1.165) is 24.9 Å². The number of alkyl halides is 2. The van der Waals surface area contributed by atoms with Crippen LogP contribution in [0.3, 0.4) is 0 Å². The summed E-state index contributed by atoms with van der Waals surface area (Å²) in [6.07, 6.45) is 3.17. The molecule has 0 bridgehead atoms. The lowest BCUT2D eigenvalue weighted by Gasteiger charge is -2.40. The summed E-state index contributed by atoms with van der Waals surface area (Å²) in [5.41, 5.74) is 2.04. The first-order valence-corrected chi connectivity index (χ1v) is 10.5. The number of nitrogens with zero attached hydrogens (tertiary/aromatic N) is 6. The number of amides is 1. The fourth-order valence-corrected chi connectivity index (χ4v) is 4.46. The number of aryl methyl sites for hydroxylation is 1. The first-order valence-electron chi connectivity index (χ1n) is 10.5. The molecule has 0 unspecified atom stereocenters. The van der Waals surface area contributed by atoms with Gasteiger partial charge in [0.1, 0.15) is 0 Å². The SMILES string of the molecule is CN(C[C@@H]1CCCN(C)[C@H]1c1cnn(C)c1)C(=O)c1cccc(-c2noc(C(F)F)n2)c1. The second-order valence-electron chi connectivity index (χ2n) is 8.30. The molecule has 1 saturated heterocycles. The summed E-state index contributed by atoms with van der Waals surface area (Å²) < 4.78 is 31.9. The number of carbonyl (C=O) groups is 1. The molecule has 8 nitrogen and oxygen atoms in total. The number of carbonyl (C=O) groups excluding carboxylic acids is 1. The topological polar surface area (TPSA) is 80.3 Å². The second kappa shape index (κ2) is 9.15. The van der Waals surface area contributed by atoms with Gasteiger partial charge in [-0.2, -0.15) is 18.9 Å². The Labute approximate surface area is 184 Å². The quantitative estimate of drug-likeness (QED) is 0.578. The number of halogens is 2. The standard InChI is InChI=1S/C22H26F2N6O2/c1-28-9-5-8-16(18(28)17-11-25-30(3)13-17)12-29(2)22(31)15-7-4-6-14(10-15)20-26-21(19(23)24)32-27-20/h4,6-7,10-11,13,16,18-19H,5,8-9,12H2,1-3H3/t16-,18+/m0/s1. The molecule has 1 fully saturated rings. The third-order valence-electron chi connectivity index (χ3n) is 5.92. The molecule has 0 radical (unpaired) electrons. The van der Waals surface area contributed by atoms with Gasteiger partial charge in [0.15, 0.2) is 0 Å². The smallest absolute Gasteiger partial charge is 0.315 e. The maximum Gasteiger partial charge on any atom is 0.315 e. The van der Waals surface area contributed by atoms with Crippen molar-refractivity contribution in [3.63, 3.8) is 0 Å². The summed E-state index contributed by atoms with van der Waals surface area (Å²) >= 11 is 0. The third kappa shape index (κ3) is 4.55. The molecule has 0 aliphatic carbocycles. The van der Waals surface area contributed by atoms with E-state index in [4.69, 9.17) is 0 Å². The van der Waals surface area contributed by atoms with Gasteiger partial charge in [-0.25, -0.2) is 0 Å². The van der Waals surface area contributed by atoms with Crippen LogP contribution in [0.1, 0.15) is 47.1 Å². The Morgan fingerprint density at radius 3 is 2.84 bits per heavy atom. The van der Waals surface area contributed by atoms with E-state index in [1.807, 2.05) is 19.4 Å². The molecular weight excluding hydrogens is 418 g/mol. The fourth-order valence-electron chi connectivity index (χ4n) is 4.46. The number of hydrogen-bond acceptors (Lipinski definition) is 6. The minimum Gasteiger partial charge on any atom is -0.341 e. The van der Waals surface area contributed by atoms with Gasteiger partial charge in [-0.15, -0.1) is 0 Å². The molecule has 0 saturated carbocycles. The lowest BCUT2D eigenvalue weighted by molar-refractivity contribution is 0.0645. The number of aromatic nitrogens is 4. The van der Waals surface area contributed by atoms with Crippen LogP contribution in [0.4, 0.5) is 8.78 Å². The molecule has 3 heterocycles. The highest BCUT2D eigenvalue weighted by Crippen LogP contribution is 2.35. The maximum absolute atomic E-state index is 13.2. The first-order chi connectivity index (χ1) is 15.3. The van der Waals surface area contributed by atoms with Crippen molar-refractivity contribution < 1.29 is 18.1 Å². The predicted molar refractivity (Wildman–Crippen MR) is 113 cm³/mol. The molecule has 1 aliphatic rings. The van der Waals surface area contributed by atoms with Crippen LogP contribution in [-0.2, 0) is 7.05 Å². The summed E-state index contributed by atoms with van der Waals surface area (Å²) in [7, 11) is 5.79. The minimum absolute atomic E-state index is 0.0307. The minimum atomic E-state index is -2.84. The highest BCUT2D eigenvalue weighted by atomic mass is 19.3. The van der Waals surface area contributed by atoms with Crippen molar-refractivity contribution in [2.45, 2.75) is 25.3 Å². The molecule has 32 heavy (non-hydrogen) atoms. The fraction of sp³-hybridized carbons (Fsp3) is 0.455. The zero-order valence-electron chi connectivity index (χ0n) is 18.3. The van der Waals surface area contributed by atoms with E-state index in [9.17, 15) is 13.6 Å². The van der Waals surface area contributed by atoms with Crippen molar-refractivity contribution in [1.82, 2.24) is 29.7 Å². The van der Waals surface area contributed by atoms with Crippen molar-refractivity contribution in [3.8, 4) is 11.4 Å².